The number of nitrogen functional groups attached to an aromatic ring is 1. The molecule has 0 aliphatic heterocycles. The second-order valence-electron chi connectivity index (χ2n) is 4.36. The third-order valence-corrected chi connectivity index (χ3v) is 4.37. The molecule has 3 N–H and O–H groups in total. The summed E-state index contributed by atoms with van der Waals surface area (Å²) < 4.78 is 30.9. The SMILES string of the molecule is CNS(=O)(=O)c1ccc(N(C)Cc2ccco2)c(N)c1. The van der Waals surface area contributed by atoms with Crippen molar-refractivity contribution in [3.63, 3.8) is 0 Å². The fourth-order valence-corrected chi connectivity index (χ4v) is 2.65. The molecule has 6 nitrogen and oxygen atoms in total. The largest absolute Gasteiger partial charge is 0.467 e. The highest BCUT2D eigenvalue weighted by molar-refractivity contribution is 7.89. The van der Waals surface area contributed by atoms with Crippen molar-refractivity contribution in [2.24, 2.45) is 0 Å². The average molecular weight is 295 g/mol. The summed E-state index contributed by atoms with van der Waals surface area (Å²) >= 11 is 0. The Labute approximate surface area is 118 Å². The Morgan fingerprint density at radius 3 is 2.65 bits per heavy atom. The van der Waals surface area contributed by atoms with Crippen LogP contribution in [-0.2, 0) is 16.6 Å². The first-order valence-corrected chi connectivity index (χ1v) is 7.49. The van der Waals surface area contributed by atoms with E-state index in [4.69, 9.17) is 10.2 Å². The molecule has 7 heteroatoms. The van der Waals surface area contributed by atoms with Crippen molar-refractivity contribution in [3.05, 3.63) is 42.4 Å². The summed E-state index contributed by atoms with van der Waals surface area (Å²) in [6.07, 6.45) is 1.61. The Morgan fingerprint density at radius 2 is 2.10 bits per heavy atom. The van der Waals surface area contributed by atoms with Gasteiger partial charge in [-0.1, -0.05) is 0 Å². The zero-order chi connectivity index (χ0) is 14.8. The number of nitrogens with zero attached hydrogens (tertiary/aromatic N) is 1. The Morgan fingerprint density at radius 1 is 1.35 bits per heavy atom. The Bertz CT molecular complexity index is 681. The quantitative estimate of drug-likeness (QED) is 0.814. The molecule has 0 amide bonds. The summed E-state index contributed by atoms with van der Waals surface area (Å²) in [4.78, 5) is 2.04. The van der Waals surface area contributed by atoms with E-state index in [-0.39, 0.29) is 4.90 Å². The van der Waals surface area contributed by atoms with E-state index in [1.165, 1.54) is 19.2 Å². The second kappa shape index (κ2) is 5.56. The van der Waals surface area contributed by atoms with E-state index in [0.29, 0.717) is 12.2 Å². The zero-order valence-electron chi connectivity index (χ0n) is 11.3. The molecule has 0 saturated carbocycles. The number of anilines is 2. The topological polar surface area (TPSA) is 88.6 Å². The van der Waals surface area contributed by atoms with Crippen LogP contribution in [0, 0.1) is 0 Å². The normalized spacial score (nSPS) is 11.5. The molecule has 2 aromatic rings. The molecule has 0 bridgehead atoms. The van der Waals surface area contributed by atoms with Crippen molar-refractivity contribution in [1.29, 1.82) is 0 Å². The summed E-state index contributed by atoms with van der Waals surface area (Å²) in [5.41, 5.74) is 7.08. The van der Waals surface area contributed by atoms with Gasteiger partial charge in [0.1, 0.15) is 5.76 Å². The van der Waals surface area contributed by atoms with Crippen LogP contribution in [0.1, 0.15) is 5.76 Å². The van der Waals surface area contributed by atoms with Gasteiger partial charge >= 0.3 is 0 Å². The van der Waals surface area contributed by atoms with Crippen molar-refractivity contribution in [2.45, 2.75) is 11.4 Å². The molecule has 1 aromatic heterocycles. The van der Waals surface area contributed by atoms with E-state index < -0.39 is 10.0 Å². The molecule has 2 rings (SSSR count). The number of benzene rings is 1. The number of nitrogens with one attached hydrogen (secondary N) is 1. The first-order valence-electron chi connectivity index (χ1n) is 6.00. The minimum atomic E-state index is -3.48. The highest BCUT2D eigenvalue weighted by Gasteiger charge is 2.14. The van der Waals surface area contributed by atoms with Crippen LogP contribution >= 0.6 is 0 Å². The number of rotatable bonds is 5. The summed E-state index contributed by atoms with van der Waals surface area (Å²) in [7, 11) is -0.255. The van der Waals surface area contributed by atoms with Gasteiger partial charge in [-0.2, -0.15) is 0 Å². The highest BCUT2D eigenvalue weighted by atomic mass is 32.2. The fourth-order valence-electron chi connectivity index (χ4n) is 1.89. The van der Waals surface area contributed by atoms with Gasteiger partial charge in [-0.05, 0) is 37.4 Å². The van der Waals surface area contributed by atoms with Crippen LogP contribution in [0.5, 0.6) is 0 Å². The van der Waals surface area contributed by atoms with Crippen LogP contribution in [0.3, 0.4) is 0 Å². The molecule has 0 radical (unpaired) electrons. The van der Waals surface area contributed by atoms with Crippen molar-refractivity contribution in [3.8, 4) is 0 Å². The number of hydrogen-bond donors (Lipinski definition) is 2. The van der Waals surface area contributed by atoms with Gasteiger partial charge in [0.25, 0.3) is 0 Å². The minimum absolute atomic E-state index is 0.146. The predicted molar refractivity (Wildman–Crippen MR) is 77.9 cm³/mol. The van der Waals surface area contributed by atoms with Crippen molar-refractivity contribution >= 4 is 21.4 Å². The van der Waals surface area contributed by atoms with E-state index in [2.05, 4.69) is 4.72 Å². The molecule has 0 aliphatic rings. The predicted octanol–water partition coefficient (Wildman–Crippen LogP) is 1.41. The molecule has 0 saturated heterocycles. The fraction of sp³-hybridized carbons (Fsp3) is 0.231. The maximum Gasteiger partial charge on any atom is 0.240 e. The van der Waals surface area contributed by atoms with Crippen molar-refractivity contribution in [2.75, 3.05) is 24.7 Å². The van der Waals surface area contributed by atoms with Gasteiger partial charge in [-0.3, -0.25) is 0 Å². The third-order valence-electron chi connectivity index (χ3n) is 2.96. The Kier molecular flexibility index (Phi) is 4.01. The molecule has 20 heavy (non-hydrogen) atoms. The van der Waals surface area contributed by atoms with Crippen molar-refractivity contribution < 1.29 is 12.8 Å². The van der Waals surface area contributed by atoms with Gasteiger partial charge in [-0.15, -0.1) is 0 Å². The summed E-state index contributed by atoms with van der Waals surface area (Å²) in [6.45, 7) is 0.551. The van der Waals surface area contributed by atoms with E-state index in [1.807, 2.05) is 24.1 Å². The van der Waals surface area contributed by atoms with E-state index in [0.717, 1.165) is 11.4 Å². The van der Waals surface area contributed by atoms with E-state index in [1.54, 1.807) is 12.3 Å². The lowest BCUT2D eigenvalue weighted by Crippen LogP contribution is -2.20. The number of hydrogen-bond acceptors (Lipinski definition) is 5. The van der Waals surface area contributed by atoms with Crippen LogP contribution in [0.25, 0.3) is 0 Å². The zero-order valence-corrected chi connectivity index (χ0v) is 12.1. The molecule has 0 unspecified atom stereocenters. The summed E-state index contributed by atoms with van der Waals surface area (Å²) in [5.74, 6) is 0.804. The second-order valence-corrected chi connectivity index (χ2v) is 6.25. The van der Waals surface area contributed by atoms with Crippen LogP contribution in [-0.4, -0.2) is 22.5 Å². The van der Waals surface area contributed by atoms with Gasteiger partial charge in [0.15, 0.2) is 0 Å². The molecule has 0 fully saturated rings. The third kappa shape index (κ3) is 2.94. The van der Waals surface area contributed by atoms with Crippen LogP contribution in [0.15, 0.2) is 45.9 Å². The molecular weight excluding hydrogens is 278 g/mol. The van der Waals surface area contributed by atoms with Crippen LogP contribution in [0.4, 0.5) is 11.4 Å². The smallest absolute Gasteiger partial charge is 0.240 e. The van der Waals surface area contributed by atoms with Gasteiger partial charge in [0, 0.05) is 7.05 Å². The van der Waals surface area contributed by atoms with Gasteiger partial charge in [0.05, 0.1) is 29.1 Å². The lowest BCUT2D eigenvalue weighted by molar-refractivity contribution is 0.507. The van der Waals surface area contributed by atoms with E-state index in [9.17, 15) is 8.42 Å². The Balaban J connectivity index is 2.26. The molecule has 0 atom stereocenters. The molecule has 0 spiro atoms. The molecule has 1 aromatic carbocycles. The van der Waals surface area contributed by atoms with E-state index >= 15 is 0 Å². The summed E-state index contributed by atoms with van der Waals surface area (Å²) in [5, 5.41) is 0. The van der Waals surface area contributed by atoms with Crippen LogP contribution < -0.4 is 15.4 Å². The lowest BCUT2D eigenvalue weighted by Gasteiger charge is -2.20. The maximum atomic E-state index is 11.7. The summed E-state index contributed by atoms with van der Waals surface area (Å²) in [6, 6.07) is 8.33. The average Bonchev–Trinajstić information content (AvgIpc) is 2.91. The standard InChI is InChI=1S/C13H17N3O3S/c1-15-20(17,18)11-5-6-13(12(14)8-11)16(2)9-10-4-3-7-19-10/h3-8,15H,9,14H2,1-2H3. The molecular formula is C13H17N3O3S. The van der Waals surface area contributed by atoms with Crippen LogP contribution in [0.2, 0.25) is 0 Å². The minimum Gasteiger partial charge on any atom is -0.467 e. The van der Waals surface area contributed by atoms with Crippen molar-refractivity contribution in [1.82, 2.24) is 4.72 Å². The first-order chi connectivity index (χ1) is 9.44. The number of sulfonamides is 1. The lowest BCUT2D eigenvalue weighted by atomic mass is 10.2. The Hall–Kier alpha value is -1.99. The maximum absolute atomic E-state index is 11.7. The molecule has 0 aliphatic carbocycles. The van der Waals surface area contributed by atoms with Gasteiger partial charge in [0.2, 0.25) is 10.0 Å². The van der Waals surface area contributed by atoms with Gasteiger partial charge < -0.3 is 15.1 Å². The first kappa shape index (κ1) is 14.4. The molecule has 1 heterocycles. The van der Waals surface area contributed by atoms with Gasteiger partial charge in [-0.25, -0.2) is 13.1 Å². The number of nitrogens with two attached hydrogens (primary N) is 1. The molecule has 108 valence electrons. The number of furan rings is 1. The highest BCUT2D eigenvalue weighted by Crippen LogP contribution is 2.26. The monoisotopic (exact) mass is 295 g/mol.